The average molecular weight is 620 g/mol. The van der Waals surface area contributed by atoms with Crippen LogP contribution in [0.3, 0.4) is 0 Å². The third kappa shape index (κ3) is 4.23. The van der Waals surface area contributed by atoms with E-state index in [1.165, 1.54) is 0 Å². The molecule has 0 aliphatic carbocycles. The zero-order chi connectivity index (χ0) is 22.3. The molecule has 0 amide bonds. The Morgan fingerprint density at radius 3 is 2.33 bits per heavy atom. The van der Waals surface area contributed by atoms with Crippen molar-refractivity contribution in [3.05, 3.63) is 108 Å². The van der Waals surface area contributed by atoms with Crippen LogP contribution >= 0.6 is 0 Å². The summed E-state index contributed by atoms with van der Waals surface area (Å²) in [6.07, 6.45) is 3.24. The molecule has 0 saturated carbocycles. The van der Waals surface area contributed by atoms with Crippen LogP contribution in [0.25, 0.3) is 28.0 Å². The van der Waals surface area contributed by atoms with Crippen molar-refractivity contribution < 1.29 is 29.8 Å². The average Bonchev–Trinajstić information content (AvgIpc) is 3.23. The first-order valence-electron chi connectivity index (χ1n) is 10.1. The second-order valence-electron chi connectivity index (χ2n) is 7.97. The second-order valence-corrected chi connectivity index (χ2v) is 7.97. The molecule has 33 heavy (non-hydrogen) atoms. The van der Waals surface area contributed by atoms with E-state index in [-0.39, 0.29) is 26.6 Å². The van der Waals surface area contributed by atoms with Crippen LogP contribution in [0.5, 0.6) is 0 Å². The van der Waals surface area contributed by atoms with Gasteiger partial charge in [-0.05, 0) is 31.7 Å². The van der Waals surface area contributed by atoms with Crippen LogP contribution in [0.2, 0.25) is 0 Å². The van der Waals surface area contributed by atoms with Crippen molar-refractivity contribution in [1.29, 1.82) is 0 Å². The number of nitrogens with zero attached hydrogens (tertiary/aromatic N) is 4. The van der Waals surface area contributed by atoms with Gasteiger partial charge in [0.05, 0.1) is 5.82 Å². The number of aromatic nitrogens is 4. The number of fused-ring (bicyclic) bond motifs is 1. The molecule has 0 atom stereocenters. The van der Waals surface area contributed by atoms with Gasteiger partial charge in [-0.1, -0.05) is 65.8 Å². The zero-order valence-corrected chi connectivity index (χ0v) is 20.1. The van der Waals surface area contributed by atoms with E-state index in [2.05, 4.69) is 22.2 Å². The third-order valence-electron chi connectivity index (χ3n) is 5.52. The zero-order valence-electron chi connectivity index (χ0n) is 17.8. The van der Waals surface area contributed by atoms with Crippen molar-refractivity contribution >= 4 is 10.9 Å². The molecular weight excluding hydrogens is 601 g/mol. The molecule has 0 spiro atoms. The van der Waals surface area contributed by atoms with Crippen LogP contribution < -0.4 is 0 Å². The maximum atomic E-state index is 14.2. The van der Waals surface area contributed by atoms with Crippen molar-refractivity contribution in [3.8, 4) is 17.1 Å². The van der Waals surface area contributed by atoms with Crippen LogP contribution in [0.1, 0.15) is 25.2 Å². The van der Waals surface area contributed by atoms with Gasteiger partial charge < -0.3 is 9.55 Å². The molecule has 4 heterocycles. The van der Waals surface area contributed by atoms with E-state index in [1.54, 1.807) is 12.1 Å². The summed E-state index contributed by atoms with van der Waals surface area (Å²) in [7, 11) is 0. The molecule has 5 rings (SSSR count). The minimum Gasteiger partial charge on any atom is -0.429 e. The van der Waals surface area contributed by atoms with Gasteiger partial charge in [-0.3, -0.25) is 9.97 Å². The molecule has 1 aromatic carbocycles. The largest absolute Gasteiger partial charge is 2.00 e. The van der Waals surface area contributed by atoms with Crippen LogP contribution in [-0.2, 0) is 26.5 Å². The summed E-state index contributed by atoms with van der Waals surface area (Å²) in [5.41, 5.74) is 2.29. The fourth-order valence-electron chi connectivity index (χ4n) is 3.71. The predicted octanol–water partition coefficient (Wildman–Crippen LogP) is 5.68. The van der Waals surface area contributed by atoms with Crippen molar-refractivity contribution in [2.75, 3.05) is 0 Å². The molecule has 0 unspecified atom stereocenters. The molecule has 4 nitrogen and oxygen atoms in total. The van der Waals surface area contributed by atoms with E-state index in [4.69, 9.17) is 4.98 Å². The number of para-hydroxylation sites is 1. The van der Waals surface area contributed by atoms with Gasteiger partial charge in [0.25, 0.3) is 0 Å². The van der Waals surface area contributed by atoms with Gasteiger partial charge in [0, 0.05) is 16.8 Å². The molecule has 0 N–H and O–H groups in total. The third-order valence-corrected chi connectivity index (χ3v) is 5.52. The Labute approximate surface area is 204 Å². The summed E-state index contributed by atoms with van der Waals surface area (Å²) in [5, 5.41) is 1.08. The Morgan fingerprint density at radius 1 is 0.818 bits per heavy atom. The van der Waals surface area contributed by atoms with Gasteiger partial charge in [-0.25, -0.2) is 8.78 Å². The van der Waals surface area contributed by atoms with E-state index in [0.717, 1.165) is 28.5 Å². The maximum Gasteiger partial charge on any atom is 2.00 e. The molecule has 0 saturated heterocycles. The Morgan fingerprint density at radius 2 is 1.55 bits per heavy atom. The van der Waals surface area contributed by atoms with Gasteiger partial charge in [-0.2, -0.15) is 0 Å². The van der Waals surface area contributed by atoms with Gasteiger partial charge in [0.1, 0.15) is 11.9 Å². The van der Waals surface area contributed by atoms with Crippen LogP contribution in [0, 0.1) is 24.2 Å². The first-order valence-corrected chi connectivity index (χ1v) is 10.1. The summed E-state index contributed by atoms with van der Waals surface area (Å²) < 4.78 is 29.3. The number of halogens is 2. The minimum atomic E-state index is -0.942. The molecule has 0 radical (unpaired) electrons. The van der Waals surface area contributed by atoms with Gasteiger partial charge in [0.2, 0.25) is 0 Å². The van der Waals surface area contributed by atoms with E-state index >= 15 is 0 Å². The standard InChI is InChI=1S/C26H18F2N4.Pt/c1-26(2,21-10-5-8-19(29-21)18-13-14-23(27)31-25(18)28)22-11-6-12-24(30-22)32-16-15-17-7-3-4-9-20(17)32;/h3-12,14-15H,1-2H3;/q-2;+2. The molecule has 0 aliphatic heterocycles. The van der Waals surface area contributed by atoms with Crippen molar-refractivity contribution in [1.82, 2.24) is 19.5 Å². The van der Waals surface area contributed by atoms with Crippen molar-refractivity contribution in [2.45, 2.75) is 19.3 Å². The Kier molecular flexibility index (Phi) is 6.22. The minimum absolute atomic E-state index is 0. The number of hydrogen-bond donors (Lipinski definition) is 0. The monoisotopic (exact) mass is 619 g/mol. The first-order chi connectivity index (χ1) is 15.4. The smallest absolute Gasteiger partial charge is 0.429 e. The molecule has 0 bridgehead atoms. The SMILES string of the molecule is CC(C)(c1cccc(-c2[c-]cc(F)nc2F)n1)c1cccc(-n2[c-]cc3ccccc32)n1.[Pt+2]. The van der Waals surface area contributed by atoms with Crippen LogP contribution in [0.4, 0.5) is 8.78 Å². The van der Waals surface area contributed by atoms with Gasteiger partial charge >= 0.3 is 21.1 Å². The maximum absolute atomic E-state index is 14.2. The Bertz CT molecular complexity index is 1450. The van der Waals surface area contributed by atoms with Crippen LogP contribution in [0.15, 0.2) is 72.8 Å². The van der Waals surface area contributed by atoms with E-state index in [1.807, 2.05) is 73.0 Å². The Hall–Kier alpha value is -3.24. The van der Waals surface area contributed by atoms with Crippen molar-refractivity contribution in [3.63, 3.8) is 0 Å². The predicted molar refractivity (Wildman–Crippen MR) is 118 cm³/mol. The second kappa shape index (κ2) is 8.95. The molecule has 0 fully saturated rings. The molecule has 166 valence electrons. The molecular formula is C26H18F2N4Pt. The Balaban J connectivity index is 0.00000259. The molecule has 4 aromatic heterocycles. The normalized spacial score (nSPS) is 11.4. The quantitative estimate of drug-likeness (QED) is 0.192. The first kappa shape index (κ1) is 22.9. The summed E-state index contributed by atoms with van der Waals surface area (Å²) in [5.74, 6) is -1.12. The fourth-order valence-corrected chi connectivity index (χ4v) is 3.71. The van der Waals surface area contributed by atoms with Crippen molar-refractivity contribution in [2.24, 2.45) is 0 Å². The van der Waals surface area contributed by atoms with Crippen LogP contribution in [-0.4, -0.2) is 19.5 Å². The topological polar surface area (TPSA) is 43.6 Å². The van der Waals surface area contributed by atoms with E-state index in [9.17, 15) is 8.78 Å². The number of rotatable bonds is 4. The fraction of sp³-hybridized carbons (Fsp3) is 0.115. The summed E-state index contributed by atoms with van der Waals surface area (Å²) in [6, 6.07) is 24.7. The summed E-state index contributed by atoms with van der Waals surface area (Å²) in [4.78, 5) is 12.8. The van der Waals surface area contributed by atoms with E-state index < -0.39 is 17.3 Å². The number of benzene rings is 1. The molecule has 0 aliphatic rings. The number of pyridine rings is 3. The molecule has 5 aromatic rings. The molecule has 7 heteroatoms. The van der Waals surface area contributed by atoms with E-state index in [0.29, 0.717) is 11.4 Å². The summed E-state index contributed by atoms with van der Waals surface area (Å²) >= 11 is 0. The number of hydrogen-bond acceptors (Lipinski definition) is 3. The van der Waals surface area contributed by atoms with Gasteiger partial charge in [0.15, 0.2) is 0 Å². The van der Waals surface area contributed by atoms with Gasteiger partial charge in [-0.15, -0.1) is 23.6 Å². The summed E-state index contributed by atoms with van der Waals surface area (Å²) in [6.45, 7) is 4.01.